The lowest BCUT2D eigenvalue weighted by Gasteiger charge is -2.18. The van der Waals surface area contributed by atoms with Gasteiger partial charge in [0.05, 0.1) is 17.6 Å². The highest BCUT2D eigenvalue weighted by atomic mass is 32.2. The second kappa shape index (κ2) is 6.29. The lowest BCUT2D eigenvalue weighted by molar-refractivity contribution is 0.0565. The van der Waals surface area contributed by atoms with Crippen LogP contribution in [0.2, 0.25) is 0 Å². The van der Waals surface area contributed by atoms with Crippen LogP contribution in [0.5, 0.6) is 0 Å². The van der Waals surface area contributed by atoms with Crippen LogP contribution in [0, 0.1) is 0 Å². The maximum absolute atomic E-state index is 10.2. The molecule has 1 aliphatic carbocycles. The Morgan fingerprint density at radius 2 is 1.96 bits per heavy atom. The van der Waals surface area contributed by atoms with Gasteiger partial charge in [-0.1, -0.05) is 30.3 Å². The van der Waals surface area contributed by atoms with Gasteiger partial charge in [0.1, 0.15) is 5.82 Å². The molecule has 0 bridgehead atoms. The SMILES string of the molecule is CSCCc1nc(C2(c3ccccc3)CC2)nn1CC(C)(C)O. The van der Waals surface area contributed by atoms with E-state index >= 15 is 0 Å². The highest BCUT2D eigenvalue weighted by Gasteiger charge is 2.49. The van der Waals surface area contributed by atoms with Crippen molar-refractivity contribution >= 4 is 11.8 Å². The zero-order chi connectivity index (χ0) is 16.5. The summed E-state index contributed by atoms with van der Waals surface area (Å²) in [6.45, 7) is 4.11. The molecule has 23 heavy (non-hydrogen) atoms. The third-order valence-electron chi connectivity index (χ3n) is 4.32. The molecule has 0 aliphatic heterocycles. The fraction of sp³-hybridized carbons (Fsp3) is 0.556. The van der Waals surface area contributed by atoms with Gasteiger partial charge < -0.3 is 5.11 Å². The zero-order valence-corrected chi connectivity index (χ0v) is 14.9. The molecule has 1 aliphatic rings. The zero-order valence-electron chi connectivity index (χ0n) is 14.1. The summed E-state index contributed by atoms with van der Waals surface area (Å²) in [6, 6.07) is 10.6. The van der Waals surface area contributed by atoms with E-state index in [9.17, 15) is 5.11 Å². The molecular formula is C18H25N3OS. The number of aryl methyl sites for hydroxylation is 1. The molecule has 5 heteroatoms. The van der Waals surface area contributed by atoms with Crippen LogP contribution in [0.1, 0.15) is 43.9 Å². The van der Waals surface area contributed by atoms with Gasteiger partial charge in [0.15, 0.2) is 5.82 Å². The molecule has 124 valence electrons. The van der Waals surface area contributed by atoms with E-state index in [1.54, 1.807) is 0 Å². The summed E-state index contributed by atoms with van der Waals surface area (Å²) in [5.41, 5.74) is 0.500. The molecular weight excluding hydrogens is 306 g/mol. The van der Waals surface area contributed by atoms with Crippen molar-refractivity contribution in [3.63, 3.8) is 0 Å². The highest BCUT2D eigenvalue weighted by molar-refractivity contribution is 7.98. The molecule has 1 fully saturated rings. The first-order valence-electron chi connectivity index (χ1n) is 8.16. The lowest BCUT2D eigenvalue weighted by atomic mass is 9.95. The van der Waals surface area contributed by atoms with Gasteiger partial charge in [-0.25, -0.2) is 9.67 Å². The maximum Gasteiger partial charge on any atom is 0.161 e. The van der Waals surface area contributed by atoms with E-state index in [1.165, 1.54) is 5.56 Å². The fourth-order valence-corrected chi connectivity index (χ4v) is 3.36. The Labute approximate surface area is 142 Å². The van der Waals surface area contributed by atoms with Crippen LogP contribution in [0.25, 0.3) is 0 Å². The molecule has 3 rings (SSSR count). The van der Waals surface area contributed by atoms with Crippen LogP contribution in [0.4, 0.5) is 0 Å². The number of rotatable bonds is 7. The van der Waals surface area contributed by atoms with Crippen molar-refractivity contribution in [3.8, 4) is 0 Å². The average Bonchev–Trinajstić information content (AvgIpc) is 3.23. The van der Waals surface area contributed by atoms with E-state index in [1.807, 2.05) is 36.4 Å². The van der Waals surface area contributed by atoms with E-state index in [-0.39, 0.29) is 5.41 Å². The van der Waals surface area contributed by atoms with Gasteiger partial charge in [0, 0.05) is 12.2 Å². The predicted molar refractivity (Wildman–Crippen MR) is 94.9 cm³/mol. The maximum atomic E-state index is 10.2. The van der Waals surface area contributed by atoms with Crippen LogP contribution in [0.15, 0.2) is 30.3 Å². The fourth-order valence-electron chi connectivity index (χ4n) is 2.97. The predicted octanol–water partition coefficient (Wildman–Crippen LogP) is 3.03. The van der Waals surface area contributed by atoms with Crippen molar-refractivity contribution in [1.82, 2.24) is 14.8 Å². The van der Waals surface area contributed by atoms with Crippen molar-refractivity contribution in [3.05, 3.63) is 47.5 Å². The van der Waals surface area contributed by atoms with Crippen molar-refractivity contribution in [2.45, 2.75) is 50.7 Å². The molecule has 4 nitrogen and oxygen atoms in total. The molecule has 0 spiro atoms. The Kier molecular flexibility index (Phi) is 4.52. The number of aromatic nitrogens is 3. The highest BCUT2D eigenvalue weighted by Crippen LogP contribution is 2.52. The van der Waals surface area contributed by atoms with E-state index in [4.69, 9.17) is 10.1 Å². The minimum atomic E-state index is -0.789. The van der Waals surface area contributed by atoms with Gasteiger partial charge in [-0.3, -0.25) is 0 Å². The summed E-state index contributed by atoms with van der Waals surface area (Å²) in [5, 5.41) is 15.0. The summed E-state index contributed by atoms with van der Waals surface area (Å²) in [4.78, 5) is 4.87. The summed E-state index contributed by atoms with van der Waals surface area (Å²) in [7, 11) is 0. The molecule has 1 saturated carbocycles. The largest absolute Gasteiger partial charge is 0.389 e. The van der Waals surface area contributed by atoms with Crippen molar-refractivity contribution in [1.29, 1.82) is 0 Å². The van der Waals surface area contributed by atoms with Gasteiger partial charge in [-0.2, -0.15) is 16.9 Å². The Hall–Kier alpha value is -1.33. The summed E-state index contributed by atoms with van der Waals surface area (Å²) in [6.07, 6.45) is 5.19. The first kappa shape index (κ1) is 16.5. The van der Waals surface area contributed by atoms with Crippen molar-refractivity contribution < 1.29 is 5.11 Å². The molecule has 2 aromatic rings. The number of thioether (sulfide) groups is 1. The second-order valence-electron chi connectivity index (χ2n) is 7.01. The molecule has 0 atom stereocenters. The molecule has 0 radical (unpaired) electrons. The number of hydrogen-bond acceptors (Lipinski definition) is 4. The van der Waals surface area contributed by atoms with Crippen LogP contribution in [-0.2, 0) is 18.4 Å². The monoisotopic (exact) mass is 331 g/mol. The molecule has 1 aromatic heterocycles. The number of hydrogen-bond donors (Lipinski definition) is 1. The van der Waals surface area contributed by atoms with Gasteiger partial charge in [-0.15, -0.1) is 0 Å². The van der Waals surface area contributed by atoms with E-state index < -0.39 is 5.60 Å². The second-order valence-corrected chi connectivity index (χ2v) is 8.00. The normalized spacial score (nSPS) is 16.5. The number of benzene rings is 1. The van der Waals surface area contributed by atoms with Gasteiger partial charge >= 0.3 is 0 Å². The Morgan fingerprint density at radius 1 is 1.26 bits per heavy atom. The third-order valence-corrected chi connectivity index (χ3v) is 4.93. The molecule has 1 N–H and O–H groups in total. The van der Waals surface area contributed by atoms with E-state index in [0.717, 1.165) is 36.7 Å². The Morgan fingerprint density at radius 3 is 2.52 bits per heavy atom. The molecule has 0 saturated heterocycles. The van der Waals surface area contributed by atoms with Crippen molar-refractivity contribution in [2.24, 2.45) is 0 Å². The van der Waals surface area contributed by atoms with Crippen LogP contribution in [0.3, 0.4) is 0 Å². The number of nitrogens with zero attached hydrogens (tertiary/aromatic N) is 3. The molecule has 1 heterocycles. The minimum Gasteiger partial charge on any atom is -0.389 e. The quantitative estimate of drug-likeness (QED) is 0.847. The van der Waals surface area contributed by atoms with Crippen molar-refractivity contribution in [2.75, 3.05) is 12.0 Å². The van der Waals surface area contributed by atoms with Gasteiger partial charge in [0.25, 0.3) is 0 Å². The Balaban J connectivity index is 1.94. The molecule has 1 aromatic carbocycles. The van der Waals surface area contributed by atoms with Crippen LogP contribution >= 0.6 is 11.8 Å². The summed E-state index contributed by atoms with van der Waals surface area (Å²) in [5.74, 6) is 2.92. The lowest BCUT2D eigenvalue weighted by Crippen LogP contribution is -2.28. The summed E-state index contributed by atoms with van der Waals surface area (Å²) >= 11 is 1.81. The number of aliphatic hydroxyl groups is 1. The Bertz CT molecular complexity index is 657. The smallest absolute Gasteiger partial charge is 0.161 e. The van der Waals surface area contributed by atoms with Crippen LogP contribution in [-0.4, -0.2) is 37.5 Å². The van der Waals surface area contributed by atoms with E-state index in [2.05, 4.69) is 30.5 Å². The average molecular weight is 331 g/mol. The van der Waals surface area contributed by atoms with Gasteiger partial charge in [-0.05, 0) is 38.5 Å². The molecule has 0 unspecified atom stereocenters. The first-order chi connectivity index (χ1) is 10.9. The van der Waals surface area contributed by atoms with Crippen LogP contribution < -0.4 is 0 Å². The minimum absolute atomic E-state index is 0.0137. The molecule has 0 amide bonds. The first-order valence-corrected chi connectivity index (χ1v) is 9.55. The summed E-state index contributed by atoms with van der Waals surface area (Å²) < 4.78 is 1.91. The van der Waals surface area contributed by atoms with Gasteiger partial charge in [0.2, 0.25) is 0 Å². The third kappa shape index (κ3) is 3.61. The topological polar surface area (TPSA) is 50.9 Å². The standard InChI is InChI=1S/C18H25N3OS/c1-17(2,22)13-21-15(9-12-23-3)19-16(20-21)18(10-11-18)14-7-5-4-6-8-14/h4-8,22H,9-13H2,1-3H3. The van der Waals surface area contributed by atoms with E-state index in [0.29, 0.717) is 6.54 Å².